The first-order valence-corrected chi connectivity index (χ1v) is 11.6. The molecule has 0 aromatic rings. The first-order chi connectivity index (χ1) is 11.0. The largest absolute Gasteiger partial charge is 0.414 e. The zero-order chi connectivity index (χ0) is 17.4. The highest BCUT2D eigenvalue weighted by atomic mass is 28.3. The van der Waals surface area contributed by atoms with Crippen LogP contribution < -0.4 is 0 Å². The Hall–Kier alpha value is 0.137. The molecule has 0 bridgehead atoms. The Morgan fingerprint density at radius 3 is 1.61 bits per heavy atom. The molecule has 0 unspecified atom stereocenters. The fraction of sp³-hybridized carbons (Fsp3) is 1.00. The molecule has 3 heteroatoms. The molecule has 0 saturated carbocycles. The van der Waals surface area contributed by atoms with Crippen LogP contribution in [0.25, 0.3) is 0 Å². The summed E-state index contributed by atoms with van der Waals surface area (Å²) in [5.74, 6) is 0. The molecular weight excluding hydrogens is 300 g/mol. The summed E-state index contributed by atoms with van der Waals surface area (Å²) >= 11 is 0. The van der Waals surface area contributed by atoms with E-state index in [1.807, 2.05) is 0 Å². The van der Waals surface area contributed by atoms with E-state index in [0.29, 0.717) is 5.04 Å². The molecule has 0 atom stereocenters. The lowest BCUT2D eigenvalue weighted by atomic mass is 10.1. The van der Waals surface area contributed by atoms with Crippen molar-refractivity contribution in [3.05, 3.63) is 0 Å². The minimum absolute atomic E-state index is 0.330. The van der Waals surface area contributed by atoms with Crippen molar-refractivity contribution in [2.45, 2.75) is 109 Å². The SMILES string of the molecule is CCCCCCCCCCCCC[Si](OCCOC)C(C)(C)C. The van der Waals surface area contributed by atoms with Gasteiger partial charge in [0, 0.05) is 7.11 Å². The van der Waals surface area contributed by atoms with Crippen LogP contribution in [-0.4, -0.2) is 29.4 Å². The van der Waals surface area contributed by atoms with Gasteiger partial charge in [-0.1, -0.05) is 98.3 Å². The quantitative estimate of drug-likeness (QED) is 0.228. The predicted octanol–water partition coefficient (Wildman–Crippen LogP) is 6.75. The van der Waals surface area contributed by atoms with Crippen LogP contribution in [0.15, 0.2) is 0 Å². The molecule has 0 fully saturated rings. The second-order valence-corrected chi connectivity index (χ2v) is 10.9. The lowest BCUT2D eigenvalue weighted by Crippen LogP contribution is -2.30. The molecular formula is C20H43O2Si. The Kier molecular flexibility index (Phi) is 15.7. The van der Waals surface area contributed by atoms with Crippen LogP contribution >= 0.6 is 0 Å². The van der Waals surface area contributed by atoms with Gasteiger partial charge in [0.05, 0.1) is 13.2 Å². The van der Waals surface area contributed by atoms with Crippen molar-refractivity contribution in [1.82, 2.24) is 0 Å². The Morgan fingerprint density at radius 2 is 1.17 bits per heavy atom. The molecule has 0 aliphatic carbocycles. The molecule has 0 aliphatic heterocycles. The van der Waals surface area contributed by atoms with E-state index in [1.54, 1.807) is 7.11 Å². The van der Waals surface area contributed by atoms with E-state index >= 15 is 0 Å². The van der Waals surface area contributed by atoms with E-state index in [9.17, 15) is 0 Å². The Bertz CT molecular complexity index is 238. The fourth-order valence-electron chi connectivity index (χ4n) is 2.86. The summed E-state index contributed by atoms with van der Waals surface area (Å²) < 4.78 is 11.2. The summed E-state index contributed by atoms with van der Waals surface area (Å²) in [5.41, 5.74) is 0. The number of rotatable bonds is 16. The van der Waals surface area contributed by atoms with Gasteiger partial charge in [0.15, 0.2) is 0 Å². The smallest absolute Gasteiger partial charge is 0.217 e. The summed E-state index contributed by atoms with van der Waals surface area (Å²) in [6.45, 7) is 10.8. The molecule has 0 rings (SSSR count). The van der Waals surface area contributed by atoms with Gasteiger partial charge in [-0.05, 0) is 11.1 Å². The summed E-state index contributed by atoms with van der Waals surface area (Å²) in [6, 6.07) is 1.29. The number of unbranched alkanes of at least 4 members (excludes halogenated alkanes) is 10. The van der Waals surface area contributed by atoms with E-state index in [-0.39, 0.29) is 0 Å². The van der Waals surface area contributed by atoms with E-state index in [1.165, 1.54) is 76.7 Å². The molecule has 0 N–H and O–H groups in total. The molecule has 23 heavy (non-hydrogen) atoms. The predicted molar refractivity (Wildman–Crippen MR) is 105 cm³/mol. The van der Waals surface area contributed by atoms with Crippen molar-refractivity contribution in [3.8, 4) is 0 Å². The number of methoxy groups -OCH3 is 1. The van der Waals surface area contributed by atoms with Gasteiger partial charge in [-0.3, -0.25) is 0 Å². The van der Waals surface area contributed by atoms with Crippen molar-refractivity contribution in [3.63, 3.8) is 0 Å². The van der Waals surface area contributed by atoms with E-state index in [0.717, 1.165) is 13.2 Å². The van der Waals surface area contributed by atoms with E-state index in [4.69, 9.17) is 9.16 Å². The average molecular weight is 344 g/mol. The minimum Gasteiger partial charge on any atom is -0.414 e. The fourth-order valence-corrected chi connectivity index (χ4v) is 5.09. The highest BCUT2D eigenvalue weighted by molar-refractivity contribution is 6.55. The van der Waals surface area contributed by atoms with Crippen LogP contribution in [0, 0.1) is 0 Å². The van der Waals surface area contributed by atoms with Crippen molar-refractivity contribution in [2.75, 3.05) is 20.3 Å². The van der Waals surface area contributed by atoms with Gasteiger partial charge in [0.25, 0.3) is 0 Å². The van der Waals surface area contributed by atoms with Crippen LogP contribution in [0.2, 0.25) is 11.1 Å². The van der Waals surface area contributed by atoms with Crippen molar-refractivity contribution in [1.29, 1.82) is 0 Å². The summed E-state index contributed by atoms with van der Waals surface area (Å²) in [6.07, 6.45) is 15.6. The molecule has 0 aliphatic rings. The zero-order valence-electron chi connectivity index (χ0n) is 16.7. The number of ether oxygens (including phenoxy) is 1. The zero-order valence-corrected chi connectivity index (χ0v) is 17.7. The number of hydrogen-bond donors (Lipinski definition) is 0. The summed E-state index contributed by atoms with van der Waals surface area (Å²) in [7, 11) is 1.02. The van der Waals surface area contributed by atoms with Crippen LogP contribution in [0.3, 0.4) is 0 Å². The lowest BCUT2D eigenvalue weighted by Gasteiger charge is -2.28. The van der Waals surface area contributed by atoms with Crippen molar-refractivity contribution < 1.29 is 9.16 Å². The van der Waals surface area contributed by atoms with Crippen LogP contribution in [0.4, 0.5) is 0 Å². The molecule has 0 amide bonds. The lowest BCUT2D eigenvalue weighted by molar-refractivity contribution is 0.142. The Balaban J connectivity index is 3.51. The van der Waals surface area contributed by atoms with Gasteiger partial charge in [-0.2, -0.15) is 0 Å². The van der Waals surface area contributed by atoms with Gasteiger partial charge in [-0.25, -0.2) is 0 Å². The second-order valence-electron chi connectivity index (χ2n) is 7.80. The van der Waals surface area contributed by atoms with Crippen LogP contribution in [0.5, 0.6) is 0 Å². The maximum absolute atomic E-state index is 6.12. The molecule has 0 spiro atoms. The molecule has 0 heterocycles. The first kappa shape index (κ1) is 23.1. The number of hydrogen-bond acceptors (Lipinski definition) is 2. The highest BCUT2D eigenvalue weighted by Crippen LogP contribution is 2.31. The van der Waals surface area contributed by atoms with Crippen LogP contribution in [-0.2, 0) is 9.16 Å². The molecule has 0 aromatic carbocycles. The topological polar surface area (TPSA) is 18.5 Å². The van der Waals surface area contributed by atoms with E-state index < -0.39 is 9.04 Å². The van der Waals surface area contributed by atoms with Crippen molar-refractivity contribution >= 4 is 9.04 Å². The second kappa shape index (κ2) is 15.7. The van der Waals surface area contributed by atoms with Gasteiger partial charge in [-0.15, -0.1) is 0 Å². The normalized spacial score (nSPS) is 12.3. The first-order valence-electron chi connectivity index (χ1n) is 10.0. The third-order valence-electron chi connectivity index (χ3n) is 4.41. The molecule has 0 aromatic heterocycles. The van der Waals surface area contributed by atoms with Gasteiger partial charge < -0.3 is 9.16 Å². The summed E-state index contributed by atoms with van der Waals surface area (Å²) in [5, 5.41) is 0.330. The molecule has 0 saturated heterocycles. The Labute approximate surface area is 148 Å². The monoisotopic (exact) mass is 343 g/mol. The molecule has 1 radical (unpaired) electrons. The third kappa shape index (κ3) is 15.4. The molecule has 139 valence electrons. The van der Waals surface area contributed by atoms with Gasteiger partial charge in [0.1, 0.15) is 0 Å². The highest BCUT2D eigenvalue weighted by Gasteiger charge is 2.28. The summed E-state index contributed by atoms with van der Waals surface area (Å²) in [4.78, 5) is 0. The third-order valence-corrected chi connectivity index (χ3v) is 7.44. The van der Waals surface area contributed by atoms with Crippen molar-refractivity contribution in [2.24, 2.45) is 0 Å². The molecule has 2 nitrogen and oxygen atoms in total. The standard InChI is InChI=1S/C20H43O2Si/c1-6-7-8-9-10-11-12-13-14-15-16-19-23(20(2,3)4)22-18-17-21-5/h6-19H2,1-5H3. The van der Waals surface area contributed by atoms with E-state index in [2.05, 4.69) is 27.7 Å². The van der Waals surface area contributed by atoms with Gasteiger partial charge >= 0.3 is 0 Å². The average Bonchev–Trinajstić information content (AvgIpc) is 2.49. The van der Waals surface area contributed by atoms with Crippen LogP contribution in [0.1, 0.15) is 98.3 Å². The minimum atomic E-state index is -0.722. The Morgan fingerprint density at radius 1 is 0.696 bits per heavy atom. The van der Waals surface area contributed by atoms with Gasteiger partial charge in [0.2, 0.25) is 9.04 Å². The maximum Gasteiger partial charge on any atom is 0.217 e. The maximum atomic E-state index is 6.12.